The maximum atomic E-state index is 10.5. The molecule has 1 fully saturated rings. The summed E-state index contributed by atoms with van der Waals surface area (Å²) in [5.74, 6) is 2.81. The second-order valence-corrected chi connectivity index (χ2v) is 7.43. The van der Waals surface area contributed by atoms with Crippen LogP contribution in [0, 0.1) is 19.3 Å². The van der Waals surface area contributed by atoms with Gasteiger partial charge in [0.15, 0.2) is 0 Å². The first-order chi connectivity index (χ1) is 14.5. The van der Waals surface area contributed by atoms with E-state index in [1.54, 1.807) is 6.07 Å². The van der Waals surface area contributed by atoms with Crippen molar-refractivity contribution in [2.24, 2.45) is 0 Å². The Kier molecular flexibility index (Phi) is 5.39. The third-order valence-corrected chi connectivity index (χ3v) is 5.51. The summed E-state index contributed by atoms with van der Waals surface area (Å²) in [4.78, 5) is 2.29. The van der Waals surface area contributed by atoms with E-state index in [9.17, 15) is 10.2 Å². The van der Waals surface area contributed by atoms with E-state index in [0.29, 0.717) is 22.6 Å². The normalized spacial score (nSPS) is 15.0. The number of phenolic OH excluding ortho intramolecular Hbond substituents is 2. The largest absolute Gasteiger partial charge is 0.507 e. The molecule has 6 heteroatoms. The van der Waals surface area contributed by atoms with E-state index in [0.717, 1.165) is 43.1 Å². The fraction of sp³-hybridized carbons (Fsp3) is 0.292. The number of benzene rings is 2. The summed E-state index contributed by atoms with van der Waals surface area (Å²) in [6.45, 7) is 6.85. The van der Waals surface area contributed by atoms with Crippen molar-refractivity contribution in [1.29, 1.82) is 0 Å². The summed E-state index contributed by atoms with van der Waals surface area (Å²) >= 11 is 0. The Balaban J connectivity index is 1.75. The molecule has 1 aromatic heterocycles. The highest BCUT2D eigenvalue weighted by Gasteiger charge is 2.22. The minimum absolute atomic E-state index is 0.0432. The predicted octanol–water partition coefficient (Wildman–Crippen LogP) is 4.30. The lowest BCUT2D eigenvalue weighted by Crippen LogP contribution is -2.36. The van der Waals surface area contributed by atoms with Crippen molar-refractivity contribution in [3.05, 3.63) is 47.7 Å². The molecule has 30 heavy (non-hydrogen) atoms. The van der Waals surface area contributed by atoms with Gasteiger partial charge in [-0.25, -0.2) is 0 Å². The van der Waals surface area contributed by atoms with Gasteiger partial charge in [-0.1, -0.05) is 23.2 Å². The molecule has 0 amide bonds. The number of anilines is 1. The first kappa shape index (κ1) is 19.9. The van der Waals surface area contributed by atoms with Gasteiger partial charge < -0.3 is 24.4 Å². The van der Waals surface area contributed by atoms with E-state index in [1.165, 1.54) is 6.07 Å². The van der Waals surface area contributed by atoms with Gasteiger partial charge in [-0.15, -0.1) is 6.42 Å². The molecule has 0 bridgehead atoms. The molecule has 4 rings (SSSR count). The number of terminal acetylenes is 1. The summed E-state index contributed by atoms with van der Waals surface area (Å²) in [6, 6.07) is 11.2. The number of hydrogen-bond acceptors (Lipinski definition) is 6. The zero-order valence-corrected chi connectivity index (χ0v) is 17.1. The number of ether oxygens (including phenoxy) is 1. The van der Waals surface area contributed by atoms with Gasteiger partial charge in [0.1, 0.15) is 23.0 Å². The Morgan fingerprint density at radius 1 is 1.10 bits per heavy atom. The minimum Gasteiger partial charge on any atom is -0.507 e. The molecule has 0 spiro atoms. The van der Waals surface area contributed by atoms with Crippen molar-refractivity contribution in [3.63, 3.8) is 0 Å². The van der Waals surface area contributed by atoms with Gasteiger partial charge in [-0.3, -0.25) is 0 Å². The lowest BCUT2D eigenvalue weighted by atomic mass is 9.93. The standard InChI is InChI=1S/C24H24N2O4/c1-4-15(2)19-13-20(22(28)14-21(19)27)24-23(16(3)30-25-24)17-5-7-18(8-6-17)26-9-11-29-12-10-26/h1,5-8,13-15,27-28H,9-12H2,2-3H3. The van der Waals surface area contributed by atoms with Crippen molar-refractivity contribution in [3.8, 4) is 46.2 Å². The molecule has 0 saturated carbocycles. The SMILES string of the molecule is C#CC(C)c1cc(-c2noc(C)c2-c2ccc(N3CCOCC3)cc2)c(O)cc1O. The molecule has 154 valence electrons. The zero-order chi connectivity index (χ0) is 21.3. The van der Waals surface area contributed by atoms with Gasteiger partial charge in [0.2, 0.25) is 0 Å². The van der Waals surface area contributed by atoms with Crippen molar-refractivity contribution in [1.82, 2.24) is 5.16 Å². The number of nitrogens with zero attached hydrogens (tertiary/aromatic N) is 2. The molecular formula is C24H24N2O4. The summed E-state index contributed by atoms with van der Waals surface area (Å²) in [7, 11) is 0. The highest BCUT2D eigenvalue weighted by molar-refractivity contribution is 5.85. The Labute approximate surface area is 175 Å². The summed E-state index contributed by atoms with van der Waals surface area (Å²) in [6.07, 6.45) is 5.53. The molecule has 0 aliphatic carbocycles. The average molecular weight is 404 g/mol. The van der Waals surface area contributed by atoms with Gasteiger partial charge in [0.25, 0.3) is 0 Å². The number of aromatic hydroxyl groups is 2. The maximum Gasteiger partial charge on any atom is 0.142 e. The molecule has 1 aliphatic heterocycles. The topological polar surface area (TPSA) is 79.0 Å². The third kappa shape index (κ3) is 3.60. The Morgan fingerprint density at radius 3 is 2.47 bits per heavy atom. The van der Waals surface area contributed by atoms with Gasteiger partial charge >= 0.3 is 0 Å². The summed E-state index contributed by atoms with van der Waals surface area (Å²) < 4.78 is 10.9. The monoisotopic (exact) mass is 404 g/mol. The fourth-order valence-corrected chi connectivity index (χ4v) is 3.78. The van der Waals surface area contributed by atoms with E-state index in [4.69, 9.17) is 15.7 Å². The van der Waals surface area contributed by atoms with Crippen LogP contribution >= 0.6 is 0 Å². The Morgan fingerprint density at radius 2 is 1.80 bits per heavy atom. The maximum absolute atomic E-state index is 10.5. The molecule has 2 N–H and O–H groups in total. The molecule has 1 saturated heterocycles. The van der Waals surface area contributed by atoms with Crippen molar-refractivity contribution in [2.45, 2.75) is 19.8 Å². The minimum atomic E-state index is -0.311. The number of rotatable bonds is 4. The number of hydrogen-bond donors (Lipinski definition) is 2. The number of aromatic nitrogens is 1. The van der Waals surface area contributed by atoms with E-state index >= 15 is 0 Å². The van der Waals surface area contributed by atoms with Crippen LogP contribution < -0.4 is 4.90 Å². The zero-order valence-electron chi connectivity index (χ0n) is 17.1. The molecular weight excluding hydrogens is 380 g/mol. The van der Waals surface area contributed by atoms with Crippen LogP contribution in [-0.4, -0.2) is 41.7 Å². The van der Waals surface area contributed by atoms with Gasteiger partial charge in [-0.2, -0.15) is 0 Å². The first-order valence-electron chi connectivity index (χ1n) is 9.91. The number of morpholine rings is 1. The van der Waals surface area contributed by atoms with E-state index < -0.39 is 0 Å². The van der Waals surface area contributed by atoms with Crippen LogP contribution in [0.25, 0.3) is 22.4 Å². The molecule has 2 aromatic carbocycles. The summed E-state index contributed by atoms with van der Waals surface area (Å²) in [5.41, 5.74) is 4.39. The molecule has 3 aromatic rings. The van der Waals surface area contributed by atoms with Crippen molar-refractivity contribution in [2.75, 3.05) is 31.2 Å². The second-order valence-electron chi connectivity index (χ2n) is 7.43. The molecule has 2 heterocycles. The Hall–Kier alpha value is -3.43. The van der Waals surface area contributed by atoms with Crippen LogP contribution in [0.1, 0.15) is 24.2 Å². The first-order valence-corrected chi connectivity index (χ1v) is 9.91. The third-order valence-electron chi connectivity index (χ3n) is 5.51. The second kappa shape index (κ2) is 8.13. The fourth-order valence-electron chi connectivity index (χ4n) is 3.78. The van der Waals surface area contributed by atoms with E-state index in [1.807, 2.05) is 26.0 Å². The van der Waals surface area contributed by atoms with Gasteiger partial charge in [-0.05, 0) is 37.6 Å². The van der Waals surface area contributed by atoms with Crippen LogP contribution in [0.5, 0.6) is 11.5 Å². The van der Waals surface area contributed by atoms with Crippen molar-refractivity contribution >= 4 is 5.69 Å². The lowest BCUT2D eigenvalue weighted by Gasteiger charge is -2.28. The van der Waals surface area contributed by atoms with Crippen LogP contribution in [-0.2, 0) is 4.74 Å². The van der Waals surface area contributed by atoms with Crippen molar-refractivity contribution < 1.29 is 19.5 Å². The molecule has 1 atom stereocenters. The summed E-state index contributed by atoms with van der Waals surface area (Å²) in [5, 5.41) is 24.9. The highest BCUT2D eigenvalue weighted by atomic mass is 16.5. The number of phenols is 2. The van der Waals surface area contributed by atoms with Crippen LogP contribution in [0.4, 0.5) is 5.69 Å². The average Bonchev–Trinajstić information content (AvgIpc) is 3.15. The lowest BCUT2D eigenvalue weighted by molar-refractivity contribution is 0.122. The van der Waals surface area contributed by atoms with Crippen LogP contribution in [0.3, 0.4) is 0 Å². The predicted molar refractivity (Wildman–Crippen MR) is 116 cm³/mol. The smallest absolute Gasteiger partial charge is 0.142 e. The molecule has 6 nitrogen and oxygen atoms in total. The number of aryl methyl sites for hydroxylation is 1. The van der Waals surface area contributed by atoms with E-state index in [2.05, 4.69) is 28.1 Å². The molecule has 1 unspecified atom stereocenters. The van der Waals surface area contributed by atoms with Gasteiger partial charge in [0, 0.05) is 41.9 Å². The molecule has 1 aliphatic rings. The van der Waals surface area contributed by atoms with Crippen LogP contribution in [0.2, 0.25) is 0 Å². The van der Waals surface area contributed by atoms with Gasteiger partial charge in [0.05, 0.1) is 18.8 Å². The molecule has 0 radical (unpaired) electrons. The quantitative estimate of drug-likeness (QED) is 0.631. The van der Waals surface area contributed by atoms with Crippen LogP contribution in [0.15, 0.2) is 40.9 Å². The Bertz CT molecular complexity index is 1090. The van der Waals surface area contributed by atoms with E-state index in [-0.39, 0.29) is 17.4 Å². The highest BCUT2D eigenvalue weighted by Crippen LogP contribution is 2.42.